The topological polar surface area (TPSA) is 40.2 Å². The molecule has 0 spiro atoms. The highest BCUT2D eigenvalue weighted by Gasteiger charge is 2.30. The molecular weight excluding hydrogens is 255 g/mol. The van der Waals surface area contributed by atoms with Crippen LogP contribution in [0.25, 0.3) is 0 Å². The Balaban J connectivity index is 1.80. The minimum Gasteiger partial charge on any atom is -0.468 e. The molecule has 0 atom stereocenters. The molecule has 3 nitrogen and oxygen atoms in total. The molecule has 0 unspecified atom stereocenters. The van der Waals surface area contributed by atoms with Gasteiger partial charge >= 0.3 is 0 Å². The van der Waals surface area contributed by atoms with Crippen LogP contribution in [0, 0.1) is 17.1 Å². The summed E-state index contributed by atoms with van der Waals surface area (Å²) in [5.74, 6) is 0.597. The second kappa shape index (κ2) is 5.48. The van der Waals surface area contributed by atoms with Crippen LogP contribution in [0.1, 0.15) is 29.7 Å². The third-order valence-electron chi connectivity index (χ3n) is 3.56. The second-order valence-corrected chi connectivity index (χ2v) is 5.13. The molecule has 0 amide bonds. The average Bonchev–Trinajstić information content (AvgIpc) is 3.17. The molecular formula is C16H15FN2O. The van der Waals surface area contributed by atoms with Crippen molar-refractivity contribution in [2.75, 3.05) is 0 Å². The summed E-state index contributed by atoms with van der Waals surface area (Å²) in [6.07, 6.45) is 3.96. The van der Waals surface area contributed by atoms with Gasteiger partial charge in [0.25, 0.3) is 0 Å². The van der Waals surface area contributed by atoms with Gasteiger partial charge in [0.2, 0.25) is 0 Å². The van der Waals surface area contributed by atoms with Crippen molar-refractivity contribution in [3.05, 3.63) is 59.3 Å². The van der Waals surface area contributed by atoms with E-state index in [1.165, 1.54) is 12.1 Å². The maximum atomic E-state index is 13.4. The molecule has 0 aliphatic heterocycles. The average molecular weight is 270 g/mol. The highest BCUT2D eigenvalue weighted by Crippen LogP contribution is 2.30. The molecule has 0 radical (unpaired) electrons. The Hall–Kier alpha value is -2.12. The lowest BCUT2D eigenvalue weighted by Gasteiger charge is -2.21. The minimum absolute atomic E-state index is 0.298. The molecule has 0 bridgehead atoms. The van der Waals surface area contributed by atoms with Gasteiger partial charge in [0.1, 0.15) is 11.6 Å². The van der Waals surface area contributed by atoms with Gasteiger partial charge in [-0.1, -0.05) is 0 Å². The summed E-state index contributed by atoms with van der Waals surface area (Å²) >= 11 is 0. The summed E-state index contributed by atoms with van der Waals surface area (Å²) < 4.78 is 18.8. The zero-order valence-electron chi connectivity index (χ0n) is 11.1. The van der Waals surface area contributed by atoms with Crippen molar-refractivity contribution in [3.8, 4) is 6.07 Å². The molecule has 1 aromatic carbocycles. The van der Waals surface area contributed by atoms with E-state index in [2.05, 4.69) is 11.0 Å². The van der Waals surface area contributed by atoms with Gasteiger partial charge in [0.05, 0.1) is 24.4 Å². The number of rotatable bonds is 5. The van der Waals surface area contributed by atoms with Crippen molar-refractivity contribution in [1.29, 1.82) is 5.26 Å². The Morgan fingerprint density at radius 2 is 2.15 bits per heavy atom. The van der Waals surface area contributed by atoms with Crippen LogP contribution in [0.15, 0.2) is 41.0 Å². The molecule has 1 saturated carbocycles. The van der Waals surface area contributed by atoms with Crippen molar-refractivity contribution >= 4 is 0 Å². The normalized spacial score (nSPS) is 14.4. The summed E-state index contributed by atoms with van der Waals surface area (Å²) in [6.45, 7) is 1.27. The van der Waals surface area contributed by atoms with Gasteiger partial charge in [0, 0.05) is 12.6 Å². The number of halogens is 1. The van der Waals surface area contributed by atoms with Crippen LogP contribution in [0.2, 0.25) is 0 Å². The zero-order chi connectivity index (χ0) is 13.9. The van der Waals surface area contributed by atoms with Crippen LogP contribution in [0.3, 0.4) is 0 Å². The maximum Gasteiger partial charge on any atom is 0.123 e. The molecule has 1 aromatic heterocycles. The summed E-state index contributed by atoms with van der Waals surface area (Å²) in [5.41, 5.74) is 1.28. The predicted molar refractivity (Wildman–Crippen MR) is 72.1 cm³/mol. The Labute approximate surface area is 117 Å². The maximum absolute atomic E-state index is 13.4. The Morgan fingerprint density at radius 1 is 1.30 bits per heavy atom. The minimum atomic E-state index is -0.298. The lowest BCUT2D eigenvalue weighted by molar-refractivity contribution is 0.225. The third-order valence-corrected chi connectivity index (χ3v) is 3.56. The highest BCUT2D eigenvalue weighted by atomic mass is 19.1. The zero-order valence-corrected chi connectivity index (χ0v) is 11.1. The monoisotopic (exact) mass is 270 g/mol. The molecule has 1 heterocycles. The van der Waals surface area contributed by atoms with Gasteiger partial charge < -0.3 is 4.42 Å². The van der Waals surface area contributed by atoms with Gasteiger partial charge in [-0.25, -0.2) is 4.39 Å². The van der Waals surface area contributed by atoms with Crippen molar-refractivity contribution in [3.63, 3.8) is 0 Å². The summed E-state index contributed by atoms with van der Waals surface area (Å²) in [6, 6.07) is 10.8. The molecule has 2 aromatic rings. The van der Waals surface area contributed by atoms with E-state index in [0.29, 0.717) is 24.7 Å². The lowest BCUT2D eigenvalue weighted by Crippen LogP contribution is -2.25. The molecule has 0 saturated heterocycles. The van der Waals surface area contributed by atoms with E-state index < -0.39 is 0 Å². The molecule has 102 valence electrons. The largest absolute Gasteiger partial charge is 0.468 e. The fourth-order valence-electron chi connectivity index (χ4n) is 2.38. The lowest BCUT2D eigenvalue weighted by atomic mass is 10.1. The van der Waals surface area contributed by atoms with Crippen LogP contribution in [-0.4, -0.2) is 10.9 Å². The van der Waals surface area contributed by atoms with Gasteiger partial charge in [-0.05, 0) is 48.7 Å². The SMILES string of the molecule is N#Cc1ccc(F)cc1CN(Cc1ccco1)C1CC1. The molecule has 1 aliphatic rings. The number of furan rings is 1. The summed E-state index contributed by atoms with van der Waals surface area (Å²) in [4.78, 5) is 2.24. The van der Waals surface area contributed by atoms with Gasteiger partial charge in [-0.3, -0.25) is 4.90 Å². The van der Waals surface area contributed by atoms with Crippen LogP contribution < -0.4 is 0 Å². The van der Waals surface area contributed by atoms with Gasteiger partial charge in [-0.15, -0.1) is 0 Å². The second-order valence-electron chi connectivity index (χ2n) is 5.13. The van der Waals surface area contributed by atoms with Gasteiger partial charge in [0.15, 0.2) is 0 Å². The number of nitriles is 1. The first-order valence-electron chi connectivity index (χ1n) is 6.71. The standard InChI is InChI=1S/C16H15FN2O/c17-14-4-3-12(9-18)13(8-14)10-19(15-5-6-15)11-16-2-1-7-20-16/h1-4,7-8,15H,5-6,10-11H2. The van der Waals surface area contributed by atoms with E-state index in [9.17, 15) is 4.39 Å². The molecule has 20 heavy (non-hydrogen) atoms. The number of benzene rings is 1. The summed E-state index contributed by atoms with van der Waals surface area (Å²) in [5, 5.41) is 9.12. The Kier molecular flexibility index (Phi) is 3.53. The molecule has 1 aliphatic carbocycles. The van der Waals surface area contributed by atoms with E-state index in [0.717, 1.165) is 24.2 Å². The first kappa shape index (κ1) is 12.9. The van der Waals surface area contributed by atoms with E-state index in [1.54, 1.807) is 12.3 Å². The van der Waals surface area contributed by atoms with Gasteiger partial charge in [-0.2, -0.15) is 5.26 Å². The van der Waals surface area contributed by atoms with Crippen LogP contribution in [0.4, 0.5) is 4.39 Å². The number of hydrogen-bond acceptors (Lipinski definition) is 3. The van der Waals surface area contributed by atoms with E-state index in [4.69, 9.17) is 9.68 Å². The van der Waals surface area contributed by atoms with Crippen molar-refractivity contribution < 1.29 is 8.81 Å². The Bertz CT molecular complexity index is 626. The first-order valence-corrected chi connectivity index (χ1v) is 6.71. The van der Waals surface area contributed by atoms with Crippen molar-refractivity contribution in [2.24, 2.45) is 0 Å². The Morgan fingerprint density at radius 3 is 2.80 bits per heavy atom. The van der Waals surface area contributed by atoms with E-state index in [-0.39, 0.29) is 5.82 Å². The van der Waals surface area contributed by atoms with Crippen LogP contribution in [0.5, 0.6) is 0 Å². The van der Waals surface area contributed by atoms with Crippen LogP contribution >= 0.6 is 0 Å². The number of nitrogens with zero attached hydrogens (tertiary/aromatic N) is 2. The van der Waals surface area contributed by atoms with Crippen molar-refractivity contribution in [1.82, 2.24) is 4.90 Å². The molecule has 4 heteroatoms. The highest BCUT2D eigenvalue weighted by molar-refractivity contribution is 5.37. The molecule has 3 rings (SSSR count). The van der Waals surface area contributed by atoms with Crippen LogP contribution in [-0.2, 0) is 13.1 Å². The number of hydrogen-bond donors (Lipinski definition) is 0. The predicted octanol–water partition coefficient (Wildman–Crippen LogP) is 3.45. The molecule has 1 fully saturated rings. The van der Waals surface area contributed by atoms with Crippen molar-refractivity contribution in [2.45, 2.75) is 32.0 Å². The van der Waals surface area contributed by atoms with E-state index in [1.807, 2.05) is 12.1 Å². The summed E-state index contributed by atoms with van der Waals surface area (Å²) in [7, 11) is 0. The molecule has 0 N–H and O–H groups in total. The fraction of sp³-hybridized carbons (Fsp3) is 0.312. The van der Waals surface area contributed by atoms with E-state index >= 15 is 0 Å². The quantitative estimate of drug-likeness (QED) is 0.835. The third kappa shape index (κ3) is 2.89. The first-order chi connectivity index (χ1) is 9.76. The smallest absolute Gasteiger partial charge is 0.123 e. The fourth-order valence-corrected chi connectivity index (χ4v) is 2.38.